The van der Waals surface area contributed by atoms with Gasteiger partial charge >= 0.3 is 6.03 Å². The average molecular weight is 343 g/mol. The van der Waals surface area contributed by atoms with E-state index in [2.05, 4.69) is 10.6 Å². The summed E-state index contributed by atoms with van der Waals surface area (Å²) in [7, 11) is 0. The van der Waals surface area contributed by atoms with Crippen molar-refractivity contribution in [2.45, 2.75) is 63.8 Å². The lowest BCUT2D eigenvalue weighted by atomic mass is 9.96. The number of urea groups is 1. The molecule has 3 rings (SSSR count). The molecule has 1 aromatic carbocycles. The van der Waals surface area contributed by atoms with E-state index < -0.39 is 0 Å². The maximum absolute atomic E-state index is 12.1. The molecule has 3 amide bonds. The lowest BCUT2D eigenvalue weighted by Crippen LogP contribution is -2.38. The molecule has 2 aliphatic rings. The Hall–Kier alpha value is -2.04. The first kappa shape index (κ1) is 17.8. The van der Waals surface area contributed by atoms with Crippen LogP contribution < -0.4 is 10.6 Å². The summed E-state index contributed by atoms with van der Waals surface area (Å²) in [5, 5.41) is 5.95. The molecule has 2 fully saturated rings. The second kappa shape index (κ2) is 8.88. The molecular weight excluding hydrogens is 314 g/mol. The van der Waals surface area contributed by atoms with E-state index in [1.165, 1.54) is 19.3 Å². The van der Waals surface area contributed by atoms with Crippen molar-refractivity contribution in [2.24, 2.45) is 0 Å². The van der Waals surface area contributed by atoms with Crippen molar-refractivity contribution in [3.8, 4) is 0 Å². The molecule has 136 valence electrons. The summed E-state index contributed by atoms with van der Waals surface area (Å²) >= 11 is 0. The van der Waals surface area contributed by atoms with E-state index in [4.69, 9.17) is 0 Å². The molecular formula is C20H29N3O2. The van der Waals surface area contributed by atoms with Gasteiger partial charge in [0.2, 0.25) is 5.91 Å². The lowest BCUT2D eigenvalue weighted by Gasteiger charge is -2.22. The van der Waals surface area contributed by atoms with Crippen LogP contribution >= 0.6 is 0 Å². The molecule has 5 nitrogen and oxygen atoms in total. The zero-order chi connectivity index (χ0) is 17.5. The second-order valence-electron chi connectivity index (χ2n) is 7.22. The minimum absolute atomic E-state index is 0.121. The van der Waals surface area contributed by atoms with Crippen molar-refractivity contribution in [3.63, 3.8) is 0 Å². The number of benzene rings is 1. The maximum atomic E-state index is 12.1. The Morgan fingerprint density at radius 1 is 0.960 bits per heavy atom. The van der Waals surface area contributed by atoms with E-state index in [0.717, 1.165) is 56.4 Å². The fourth-order valence-corrected chi connectivity index (χ4v) is 3.73. The quantitative estimate of drug-likeness (QED) is 0.856. The van der Waals surface area contributed by atoms with Crippen LogP contribution in [0.2, 0.25) is 0 Å². The minimum atomic E-state index is -0.121. The van der Waals surface area contributed by atoms with Gasteiger partial charge in [-0.1, -0.05) is 31.4 Å². The topological polar surface area (TPSA) is 61.4 Å². The summed E-state index contributed by atoms with van der Waals surface area (Å²) in [6, 6.07) is 8.00. The fraction of sp³-hybridized carbons (Fsp3) is 0.600. The van der Waals surface area contributed by atoms with Crippen LogP contribution in [0.5, 0.6) is 0 Å². The summed E-state index contributed by atoms with van der Waals surface area (Å²) in [6.07, 6.45) is 9.44. The van der Waals surface area contributed by atoms with Crippen molar-refractivity contribution in [1.82, 2.24) is 10.2 Å². The number of likely N-dealkylation sites (tertiary alicyclic amines) is 1. The van der Waals surface area contributed by atoms with Gasteiger partial charge in [0.05, 0.1) is 0 Å². The van der Waals surface area contributed by atoms with E-state index >= 15 is 0 Å². The predicted octanol–water partition coefficient (Wildman–Crippen LogP) is 3.70. The number of rotatable bonds is 5. The van der Waals surface area contributed by atoms with E-state index in [1.54, 1.807) is 0 Å². The van der Waals surface area contributed by atoms with Gasteiger partial charge in [-0.05, 0) is 49.8 Å². The van der Waals surface area contributed by atoms with Gasteiger partial charge in [0.25, 0.3) is 0 Å². The Labute approximate surface area is 150 Å². The zero-order valence-corrected chi connectivity index (χ0v) is 14.9. The molecule has 0 spiro atoms. The standard InChI is InChI=1S/C20H29N3O2/c24-19(23-14-4-5-15-23)13-10-16-8-11-18(12-9-16)22-20(25)21-17-6-2-1-3-7-17/h8-9,11-12,17H,1-7,10,13-15H2,(H2,21,22,25). The molecule has 1 aliphatic carbocycles. The van der Waals surface area contributed by atoms with Gasteiger partial charge in [0, 0.05) is 31.2 Å². The van der Waals surface area contributed by atoms with E-state index in [-0.39, 0.29) is 11.9 Å². The van der Waals surface area contributed by atoms with Crippen LogP contribution in [0, 0.1) is 0 Å². The molecule has 1 saturated carbocycles. The molecule has 1 aliphatic heterocycles. The van der Waals surface area contributed by atoms with Gasteiger partial charge in [-0.3, -0.25) is 4.79 Å². The second-order valence-corrected chi connectivity index (χ2v) is 7.22. The van der Waals surface area contributed by atoms with E-state index in [1.807, 2.05) is 29.2 Å². The van der Waals surface area contributed by atoms with Gasteiger partial charge in [0.15, 0.2) is 0 Å². The normalized spacial score (nSPS) is 18.2. The molecule has 2 N–H and O–H groups in total. The van der Waals surface area contributed by atoms with Gasteiger partial charge in [0.1, 0.15) is 0 Å². The summed E-state index contributed by atoms with van der Waals surface area (Å²) in [4.78, 5) is 26.1. The number of carbonyl (C=O) groups is 2. The third kappa shape index (κ3) is 5.48. The average Bonchev–Trinajstić information content (AvgIpc) is 3.16. The monoisotopic (exact) mass is 343 g/mol. The summed E-state index contributed by atoms with van der Waals surface area (Å²) in [5.74, 6) is 0.256. The van der Waals surface area contributed by atoms with Crippen molar-refractivity contribution < 1.29 is 9.59 Å². The van der Waals surface area contributed by atoms with Crippen LogP contribution in [-0.2, 0) is 11.2 Å². The maximum Gasteiger partial charge on any atom is 0.319 e. The molecule has 5 heteroatoms. The third-order valence-corrected chi connectivity index (χ3v) is 5.24. The molecule has 0 radical (unpaired) electrons. The SMILES string of the molecule is O=C(Nc1ccc(CCC(=O)N2CCCC2)cc1)NC1CCCCC1. The number of hydrogen-bond donors (Lipinski definition) is 2. The van der Waals surface area contributed by atoms with Crippen LogP contribution in [0.4, 0.5) is 10.5 Å². The zero-order valence-electron chi connectivity index (χ0n) is 14.9. The molecule has 0 unspecified atom stereocenters. The summed E-state index contributed by atoms with van der Waals surface area (Å²) in [6.45, 7) is 1.83. The highest BCUT2D eigenvalue weighted by atomic mass is 16.2. The van der Waals surface area contributed by atoms with Crippen LogP contribution in [0.15, 0.2) is 24.3 Å². The Morgan fingerprint density at radius 2 is 1.64 bits per heavy atom. The van der Waals surface area contributed by atoms with Crippen LogP contribution in [0.3, 0.4) is 0 Å². The Morgan fingerprint density at radius 3 is 2.32 bits per heavy atom. The molecule has 1 heterocycles. The summed E-state index contributed by atoms with van der Waals surface area (Å²) < 4.78 is 0. The lowest BCUT2D eigenvalue weighted by molar-refractivity contribution is -0.130. The first-order valence-electron chi connectivity index (χ1n) is 9.65. The number of aryl methyl sites for hydroxylation is 1. The number of nitrogens with one attached hydrogen (secondary N) is 2. The Balaban J connectivity index is 1.41. The highest BCUT2D eigenvalue weighted by molar-refractivity contribution is 5.89. The molecule has 0 aromatic heterocycles. The number of carbonyl (C=O) groups excluding carboxylic acids is 2. The Bertz CT molecular complexity index is 573. The molecule has 25 heavy (non-hydrogen) atoms. The van der Waals surface area contributed by atoms with Crippen LogP contribution in [0.1, 0.15) is 56.9 Å². The number of anilines is 1. The predicted molar refractivity (Wildman–Crippen MR) is 99.6 cm³/mol. The highest BCUT2D eigenvalue weighted by Gasteiger charge is 2.17. The van der Waals surface area contributed by atoms with Gasteiger partial charge in [-0.2, -0.15) is 0 Å². The Kier molecular flexibility index (Phi) is 6.31. The fourth-order valence-electron chi connectivity index (χ4n) is 3.73. The summed E-state index contributed by atoms with van der Waals surface area (Å²) in [5.41, 5.74) is 1.92. The van der Waals surface area contributed by atoms with Crippen LogP contribution in [0.25, 0.3) is 0 Å². The number of nitrogens with zero attached hydrogens (tertiary/aromatic N) is 1. The first-order chi connectivity index (χ1) is 12.2. The molecule has 0 atom stereocenters. The molecule has 1 saturated heterocycles. The largest absolute Gasteiger partial charge is 0.343 e. The first-order valence-corrected chi connectivity index (χ1v) is 9.65. The van der Waals surface area contributed by atoms with Gasteiger partial charge in [-0.15, -0.1) is 0 Å². The van der Waals surface area contributed by atoms with Crippen molar-refractivity contribution in [1.29, 1.82) is 0 Å². The highest BCUT2D eigenvalue weighted by Crippen LogP contribution is 2.18. The third-order valence-electron chi connectivity index (χ3n) is 5.24. The minimum Gasteiger partial charge on any atom is -0.343 e. The number of hydrogen-bond acceptors (Lipinski definition) is 2. The number of amides is 3. The molecule has 1 aromatic rings. The van der Waals surface area contributed by atoms with Crippen molar-refractivity contribution in [3.05, 3.63) is 29.8 Å². The van der Waals surface area contributed by atoms with E-state index in [9.17, 15) is 9.59 Å². The van der Waals surface area contributed by atoms with E-state index in [0.29, 0.717) is 12.5 Å². The molecule has 0 bridgehead atoms. The van der Waals surface area contributed by atoms with Gasteiger partial charge < -0.3 is 15.5 Å². The van der Waals surface area contributed by atoms with Crippen molar-refractivity contribution in [2.75, 3.05) is 18.4 Å². The van der Waals surface area contributed by atoms with Crippen molar-refractivity contribution >= 4 is 17.6 Å². The smallest absolute Gasteiger partial charge is 0.319 e. The van der Waals surface area contributed by atoms with Crippen LogP contribution in [-0.4, -0.2) is 36.0 Å². The van der Waals surface area contributed by atoms with Gasteiger partial charge in [-0.25, -0.2) is 4.79 Å².